The zero-order chi connectivity index (χ0) is 14.2. The van der Waals surface area contributed by atoms with Gasteiger partial charge in [-0.3, -0.25) is 9.25 Å². The van der Waals surface area contributed by atoms with E-state index in [9.17, 15) is 0 Å². The monoisotopic (exact) mass is 277 g/mol. The van der Waals surface area contributed by atoms with Crippen molar-refractivity contribution < 1.29 is 0 Å². The minimum absolute atomic E-state index is 0.442. The van der Waals surface area contributed by atoms with E-state index in [-0.39, 0.29) is 0 Å². The number of rotatable bonds is 3. The summed E-state index contributed by atoms with van der Waals surface area (Å²) < 4.78 is 3.75. The number of nitrogens with zero attached hydrogens (tertiary/aromatic N) is 6. The van der Waals surface area contributed by atoms with E-state index in [1.165, 1.54) is 0 Å². The second kappa shape index (κ2) is 4.45. The number of nitriles is 1. The molecule has 21 heavy (non-hydrogen) atoms. The standard InChI is InChI=1S/C14H11N7/c15-3-1-5-20-8-10(6-19-20)21-9-18-12-7-17-14-11(13(12)21)2-4-16-14/h2,4,6-9H,1,5H2,(H,16,17). The zero-order valence-electron chi connectivity index (χ0n) is 11.1. The lowest BCUT2D eigenvalue weighted by Gasteiger charge is -2.01. The van der Waals surface area contributed by atoms with Crippen molar-refractivity contribution in [1.82, 2.24) is 29.3 Å². The van der Waals surface area contributed by atoms with Gasteiger partial charge in [-0.25, -0.2) is 9.97 Å². The molecule has 0 spiro atoms. The molecule has 0 fully saturated rings. The van der Waals surface area contributed by atoms with Gasteiger partial charge in [0.25, 0.3) is 0 Å². The Labute approximate surface area is 119 Å². The van der Waals surface area contributed by atoms with Crippen LogP contribution in [0.5, 0.6) is 0 Å². The third-order valence-electron chi connectivity index (χ3n) is 3.44. The van der Waals surface area contributed by atoms with Crippen LogP contribution >= 0.6 is 0 Å². The van der Waals surface area contributed by atoms with Gasteiger partial charge in [0.05, 0.1) is 42.6 Å². The van der Waals surface area contributed by atoms with Crippen molar-refractivity contribution in [1.29, 1.82) is 5.26 Å². The lowest BCUT2D eigenvalue weighted by Crippen LogP contribution is -1.97. The third-order valence-corrected chi connectivity index (χ3v) is 3.44. The molecule has 4 rings (SSSR count). The first kappa shape index (κ1) is 11.7. The highest BCUT2D eigenvalue weighted by molar-refractivity contribution is 6.01. The molecule has 0 bridgehead atoms. The van der Waals surface area contributed by atoms with Crippen molar-refractivity contribution in [2.45, 2.75) is 13.0 Å². The van der Waals surface area contributed by atoms with Crippen molar-refractivity contribution in [2.75, 3.05) is 0 Å². The Kier molecular flexibility index (Phi) is 2.47. The zero-order valence-corrected chi connectivity index (χ0v) is 11.1. The highest BCUT2D eigenvalue weighted by Crippen LogP contribution is 2.24. The highest BCUT2D eigenvalue weighted by Gasteiger charge is 2.11. The van der Waals surface area contributed by atoms with E-state index >= 15 is 0 Å². The molecule has 0 aliphatic carbocycles. The Balaban J connectivity index is 1.88. The predicted molar refractivity (Wildman–Crippen MR) is 76.7 cm³/mol. The molecule has 0 saturated carbocycles. The van der Waals surface area contributed by atoms with E-state index in [4.69, 9.17) is 5.26 Å². The van der Waals surface area contributed by atoms with Crippen molar-refractivity contribution in [2.24, 2.45) is 0 Å². The summed E-state index contributed by atoms with van der Waals surface area (Å²) in [5, 5.41) is 13.9. The fourth-order valence-electron chi connectivity index (χ4n) is 2.47. The van der Waals surface area contributed by atoms with Crippen LogP contribution in [-0.4, -0.2) is 29.3 Å². The largest absolute Gasteiger partial charge is 0.346 e. The number of imidazole rings is 1. The summed E-state index contributed by atoms with van der Waals surface area (Å²) in [5.74, 6) is 0. The van der Waals surface area contributed by atoms with Crippen LogP contribution in [0, 0.1) is 11.3 Å². The molecule has 4 heterocycles. The van der Waals surface area contributed by atoms with Crippen molar-refractivity contribution in [3.8, 4) is 11.8 Å². The Hall–Kier alpha value is -3.14. The van der Waals surface area contributed by atoms with Crippen LogP contribution in [0.3, 0.4) is 0 Å². The Morgan fingerprint density at radius 1 is 1.29 bits per heavy atom. The van der Waals surface area contributed by atoms with Crippen LogP contribution in [-0.2, 0) is 6.54 Å². The summed E-state index contributed by atoms with van der Waals surface area (Å²) in [6.45, 7) is 0.588. The number of hydrogen-bond acceptors (Lipinski definition) is 4. The number of fused-ring (bicyclic) bond motifs is 3. The first-order chi connectivity index (χ1) is 10.4. The number of nitrogens with one attached hydrogen (secondary N) is 1. The molecule has 0 aromatic carbocycles. The maximum absolute atomic E-state index is 8.64. The lowest BCUT2D eigenvalue weighted by atomic mass is 10.3. The second-order valence-electron chi connectivity index (χ2n) is 4.72. The van der Waals surface area contributed by atoms with Gasteiger partial charge in [-0.2, -0.15) is 10.4 Å². The molecular weight excluding hydrogens is 266 g/mol. The Morgan fingerprint density at radius 3 is 3.14 bits per heavy atom. The Bertz CT molecular complexity index is 966. The number of aromatic amines is 1. The molecule has 1 N–H and O–H groups in total. The second-order valence-corrected chi connectivity index (χ2v) is 4.72. The van der Waals surface area contributed by atoms with Crippen LogP contribution in [0.1, 0.15) is 6.42 Å². The van der Waals surface area contributed by atoms with E-state index in [2.05, 4.69) is 26.1 Å². The molecule has 0 aliphatic heterocycles. The summed E-state index contributed by atoms with van der Waals surface area (Å²) in [7, 11) is 0. The molecular formula is C14H11N7. The van der Waals surface area contributed by atoms with Crippen molar-refractivity contribution in [3.05, 3.63) is 37.2 Å². The smallest absolute Gasteiger partial charge is 0.139 e. The molecule has 0 aliphatic rings. The number of pyridine rings is 1. The molecule has 7 heteroatoms. The molecule has 7 nitrogen and oxygen atoms in total. The average molecular weight is 277 g/mol. The molecule has 102 valence electrons. The van der Waals surface area contributed by atoms with Gasteiger partial charge in [0.2, 0.25) is 0 Å². The summed E-state index contributed by atoms with van der Waals surface area (Å²) >= 11 is 0. The van der Waals surface area contributed by atoms with Gasteiger partial charge >= 0.3 is 0 Å². The molecule has 4 aromatic heterocycles. The maximum Gasteiger partial charge on any atom is 0.139 e. The molecule has 0 amide bonds. The van der Waals surface area contributed by atoms with E-state index in [1.807, 2.05) is 23.0 Å². The number of aromatic nitrogens is 6. The van der Waals surface area contributed by atoms with Gasteiger partial charge in [0.15, 0.2) is 0 Å². The van der Waals surface area contributed by atoms with Crippen LogP contribution in [0.15, 0.2) is 37.2 Å². The van der Waals surface area contributed by atoms with E-state index in [0.717, 1.165) is 27.8 Å². The maximum atomic E-state index is 8.64. The minimum Gasteiger partial charge on any atom is -0.346 e. The lowest BCUT2D eigenvalue weighted by molar-refractivity contribution is 0.627. The minimum atomic E-state index is 0.442. The fraction of sp³-hybridized carbons (Fsp3) is 0.143. The van der Waals surface area contributed by atoms with Crippen LogP contribution in [0.25, 0.3) is 27.8 Å². The van der Waals surface area contributed by atoms with E-state index in [1.54, 1.807) is 23.4 Å². The summed E-state index contributed by atoms with van der Waals surface area (Å²) in [6, 6.07) is 4.11. The van der Waals surface area contributed by atoms with Gasteiger partial charge < -0.3 is 4.98 Å². The average Bonchev–Trinajstić information content (AvgIpc) is 3.21. The predicted octanol–water partition coefficient (Wildman–Crippen LogP) is 2.01. The van der Waals surface area contributed by atoms with Gasteiger partial charge in [-0.15, -0.1) is 0 Å². The topological polar surface area (TPSA) is 88.1 Å². The van der Waals surface area contributed by atoms with E-state index in [0.29, 0.717) is 13.0 Å². The number of aryl methyl sites for hydroxylation is 1. The van der Waals surface area contributed by atoms with Gasteiger partial charge in [0.1, 0.15) is 17.5 Å². The van der Waals surface area contributed by atoms with Gasteiger partial charge in [-0.05, 0) is 6.07 Å². The summed E-state index contributed by atoms with van der Waals surface area (Å²) in [5.41, 5.74) is 3.60. The summed E-state index contributed by atoms with van der Waals surface area (Å²) in [6.07, 6.45) is 9.52. The van der Waals surface area contributed by atoms with Crippen LogP contribution in [0.4, 0.5) is 0 Å². The Morgan fingerprint density at radius 2 is 2.24 bits per heavy atom. The quantitative estimate of drug-likeness (QED) is 0.620. The van der Waals surface area contributed by atoms with Crippen molar-refractivity contribution in [3.63, 3.8) is 0 Å². The molecule has 4 aromatic rings. The fourth-order valence-corrected chi connectivity index (χ4v) is 2.47. The van der Waals surface area contributed by atoms with Gasteiger partial charge in [-0.1, -0.05) is 0 Å². The molecule has 0 saturated heterocycles. The molecule has 0 radical (unpaired) electrons. The first-order valence-electron chi connectivity index (χ1n) is 6.56. The first-order valence-corrected chi connectivity index (χ1v) is 6.56. The SMILES string of the molecule is N#CCCn1cc(-n2cnc3cnc4[nH]ccc4c32)cn1. The van der Waals surface area contributed by atoms with E-state index < -0.39 is 0 Å². The highest BCUT2D eigenvalue weighted by atomic mass is 15.3. The van der Waals surface area contributed by atoms with Gasteiger partial charge in [0, 0.05) is 17.8 Å². The molecule has 0 unspecified atom stereocenters. The van der Waals surface area contributed by atoms with Crippen LogP contribution < -0.4 is 0 Å². The van der Waals surface area contributed by atoms with Crippen LogP contribution in [0.2, 0.25) is 0 Å². The number of hydrogen-bond donors (Lipinski definition) is 1. The number of H-pyrrole nitrogens is 1. The normalized spacial score (nSPS) is 11.2. The molecule has 0 atom stereocenters. The third kappa shape index (κ3) is 1.77. The van der Waals surface area contributed by atoms with Crippen molar-refractivity contribution >= 4 is 22.1 Å². The summed E-state index contributed by atoms with van der Waals surface area (Å²) in [4.78, 5) is 11.8.